The van der Waals surface area contributed by atoms with Gasteiger partial charge in [-0.25, -0.2) is 17.9 Å². The lowest BCUT2D eigenvalue weighted by molar-refractivity contribution is 0.0597. The zero-order valence-corrected chi connectivity index (χ0v) is 12.9. The number of sulfonamides is 1. The van der Waals surface area contributed by atoms with Gasteiger partial charge in [-0.1, -0.05) is 0 Å². The van der Waals surface area contributed by atoms with Gasteiger partial charge in [0.05, 0.1) is 24.7 Å². The predicted molar refractivity (Wildman–Crippen MR) is 75.7 cm³/mol. The number of carbonyl (C=O) groups excluding carboxylic acids is 1. The SMILES string of the molecule is COC(=O)c1cc(S(=O)(=O)NCCOC(C)C)ccc1O. The molecule has 0 aliphatic heterocycles. The Morgan fingerprint density at radius 1 is 1.38 bits per heavy atom. The lowest BCUT2D eigenvalue weighted by Crippen LogP contribution is -2.28. The Morgan fingerprint density at radius 2 is 2.05 bits per heavy atom. The lowest BCUT2D eigenvalue weighted by Gasteiger charge is -2.10. The molecule has 1 aromatic carbocycles. The molecule has 0 atom stereocenters. The second kappa shape index (κ2) is 7.39. The number of hydrogen-bond acceptors (Lipinski definition) is 6. The normalized spacial score (nSPS) is 11.6. The number of phenols is 1. The highest BCUT2D eigenvalue weighted by Crippen LogP contribution is 2.21. The maximum Gasteiger partial charge on any atom is 0.341 e. The van der Waals surface area contributed by atoms with Gasteiger partial charge in [0, 0.05) is 6.54 Å². The quantitative estimate of drug-likeness (QED) is 0.572. The summed E-state index contributed by atoms with van der Waals surface area (Å²) in [6, 6.07) is 3.39. The van der Waals surface area contributed by atoms with Crippen LogP contribution in [0.25, 0.3) is 0 Å². The van der Waals surface area contributed by atoms with Gasteiger partial charge in [-0.05, 0) is 32.0 Å². The van der Waals surface area contributed by atoms with Crippen molar-refractivity contribution in [2.24, 2.45) is 0 Å². The van der Waals surface area contributed by atoms with Crippen molar-refractivity contribution < 1.29 is 27.8 Å². The molecule has 0 aliphatic carbocycles. The fraction of sp³-hybridized carbons (Fsp3) is 0.462. The third kappa shape index (κ3) is 5.00. The van der Waals surface area contributed by atoms with Crippen LogP contribution >= 0.6 is 0 Å². The van der Waals surface area contributed by atoms with E-state index < -0.39 is 16.0 Å². The van der Waals surface area contributed by atoms with E-state index in [1.165, 1.54) is 6.07 Å². The summed E-state index contributed by atoms with van der Waals surface area (Å²) in [6.07, 6.45) is 0.00843. The number of benzene rings is 1. The van der Waals surface area contributed by atoms with Crippen molar-refractivity contribution in [1.82, 2.24) is 4.72 Å². The number of carbonyl (C=O) groups is 1. The second-order valence-electron chi connectivity index (χ2n) is 4.49. The van der Waals surface area contributed by atoms with Crippen LogP contribution in [0.5, 0.6) is 5.75 Å². The van der Waals surface area contributed by atoms with E-state index in [-0.39, 0.29) is 35.5 Å². The molecule has 0 heterocycles. The van der Waals surface area contributed by atoms with Crippen LogP contribution in [0, 0.1) is 0 Å². The minimum atomic E-state index is -3.79. The largest absolute Gasteiger partial charge is 0.507 e. The van der Waals surface area contributed by atoms with Gasteiger partial charge in [-0.2, -0.15) is 0 Å². The van der Waals surface area contributed by atoms with E-state index in [9.17, 15) is 18.3 Å². The Bertz CT molecular complexity index is 597. The molecule has 0 fully saturated rings. The van der Waals surface area contributed by atoms with Crippen molar-refractivity contribution in [3.63, 3.8) is 0 Å². The molecular weight excluding hydrogens is 298 g/mol. The summed E-state index contributed by atoms with van der Waals surface area (Å²) in [5, 5.41) is 9.54. The van der Waals surface area contributed by atoms with Crippen LogP contribution < -0.4 is 4.72 Å². The Morgan fingerprint density at radius 3 is 2.62 bits per heavy atom. The van der Waals surface area contributed by atoms with Crippen molar-refractivity contribution >= 4 is 16.0 Å². The Balaban J connectivity index is 2.86. The first kappa shape index (κ1) is 17.4. The highest BCUT2D eigenvalue weighted by molar-refractivity contribution is 7.89. The third-order valence-corrected chi connectivity index (χ3v) is 3.99. The molecule has 1 aromatic rings. The van der Waals surface area contributed by atoms with Crippen LogP contribution in [0.2, 0.25) is 0 Å². The maximum absolute atomic E-state index is 12.1. The van der Waals surface area contributed by atoms with E-state index in [2.05, 4.69) is 9.46 Å². The van der Waals surface area contributed by atoms with Gasteiger partial charge in [0.25, 0.3) is 0 Å². The standard InChI is InChI=1S/C13H19NO6S/c1-9(2)20-7-6-14-21(17,18)10-4-5-12(15)11(8-10)13(16)19-3/h4-5,8-9,14-15H,6-7H2,1-3H3. The monoisotopic (exact) mass is 317 g/mol. The zero-order valence-electron chi connectivity index (χ0n) is 12.1. The van der Waals surface area contributed by atoms with E-state index in [1.807, 2.05) is 13.8 Å². The number of ether oxygens (including phenoxy) is 2. The number of phenolic OH excluding ortho intramolecular Hbond substituents is 1. The number of esters is 1. The Hall–Kier alpha value is -1.64. The Kier molecular flexibility index (Phi) is 6.13. The molecule has 0 saturated heterocycles. The van der Waals surface area contributed by atoms with Gasteiger partial charge in [0.1, 0.15) is 11.3 Å². The Labute approximate surface area is 123 Å². The van der Waals surface area contributed by atoms with Crippen molar-refractivity contribution in [3.05, 3.63) is 23.8 Å². The van der Waals surface area contributed by atoms with E-state index >= 15 is 0 Å². The first-order valence-electron chi connectivity index (χ1n) is 6.30. The molecule has 0 aromatic heterocycles. The molecule has 8 heteroatoms. The van der Waals surface area contributed by atoms with E-state index in [0.717, 1.165) is 19.2 Å². The highest BCUT2D eigenvalue weighted by atomic mass is 32.2. The number of methoxy groups -OCH3 is 1. The van der Waals surface area contributed by atoms with Gasteiger partial charge < -0.3 is 14.6 Å². The second-order valence-corrected chi connectivity index (χ2v) is 6.25. The van der Waals surface area contributed by atoms with Gasteiger partial charge in [-0.3, -0.25) is 0 Å². The summed E-state index contributed by atoms with van der Waals surface area (Å²) < 4.78 is 36.2. The molecule has 2 N–H and O–H groups in total. The summed E-state index contributed by atoms with van der Waals surface area (Å²) in [7, 11) is -2.64. The van der Waals surface area contributed by atoms with E-state index in [0.29, 0.717) is 0 Å². The molecule has 0 unspecified atom stereocenters. The van der Waals surface area contributed by atoms with Crippen LogP contribution in [0.15, 0.2) is 23.1 Å². The molecule has 0 spiro atoms. The fourth-order valence-electron chi connectivity index (χ4n) is 1.51. The van der Waals surface area contributed by atoms with Gasteiger partial charge in [-0.15, -0.1) is 0 Å². The molecule has 7 nitrogen and oxygen atoms in total. The molecule has 21 heavy (non-hydrogen) atoms. The van der Waals surface area contributed by atoms with Gasteiger partial charge in [0.2, 0.25) is 10.0 Å². The lowest BCUT2D eigenvalue weighted by atomic mass is 10.2. The highest BCUT2D eigenvalue weighted by Gasteiger charge is 2.19. The molecule has 0 amide bonds. The van der Waals surface area contributed by atoms with Crippen LogP contribution in [-0.4, -0.2) is 45.9 Å². The van der Waals surface area contributed by atoms with Gasteiger partial charge >= 0.3 is 5.97 Å². The molecule has 1 rings (SSSR count). The first-order valence-corrected chi connectivity index (χ1v) is 7.79. The summed E-state index contributed by atoms with van der Waals surface area (Å²) in [4.78, 5) is 11.3. The van der Waals surface area contributed by atoms with Gasteiger partial charge in [0.15, 0.2) is 0 Å². The minimum Gasteiger partial charge on any atom is -0.507 e. The predicted octanol–water partition coefficient (Wildman–Crippen LogP) is 0.882. The third-order valence-electron chi connectivity index (χ3n) is 2.53. The summed E-state index contributed by atoms with van der Waals surface area (Å²) in [5.41, 5.74) is -0.209. The van der Waals surface area contributed by atoms with Crippen LogP contribution in [0.4, 0.5) is 0 Å². The van der Waals surface area contributed by atoms with Crippen molar-refractivity contribution in [2.45, 2.75) is 24.8 Å². The summed E-state index contributed by atoms with van der Waals surface area (Å²) >= 11 is 0. The molecule has 0 radical (unpaired) electrons. The molecule has 0 saturated carbocycles. The average molecular weight is 317 g/mol. The maximum atomic E-state index is 12.1. The van der Waals surface area contributed by atoms with E-state index in [4.69, 9.17) is 4.74 Å². The van der Waals surface area contributed by atoms with Crippen molar-refractivity contribution in [1.29, 1.82) is 0 Å². The minimum absolute atomic E-state index is 0.00843. The van der Waals surface area contributed by atoms with Crippen LogP contribution in [0.1, 0.15) is 24.2 Å². The topological polar surface area (TPSA) is 102 Å². The summed E-state index contributed by atoms with van der Waals surface area (Å²) in [5.74, 6) is -1.16. The average Bonchev–Trinajstić information content (AvgIpc) is 2.43. The summed E-state index contributed by atoms with van der Waals surface area (Å²) in [6.45, 7) is 4.03. The molecule has 0 aliphatic rings. The number of rotatable bonds is 7. The first-order chi connectivity index (χ1) is 9.77. The number of nitrogens with one attached hydrogen (secondary N) is 1. The zero-order chi connectivity index (χ0) is 16.0. The number of hydrogen-bond donors (Lipinski definition) is 2. The van der Waals surface area contributed by atoms with Crippen molar-refractivity contribution in [2.75, 3.05) is 20.3 Å². The molecular formula is C13H19NO6S. The van der Waals surface area contributed by atoms with E-state index in [1.54, 1.807) is 0 Å². The van der Waals surface area contributed by atoms with Crippen LogP contribution in [0.3, 0.4) is 0 Å². The molecule has 0 bridgehead atoms. The fourth-order valence-corrected chi connectivity index (χ4v) is 2.55. The van der Waals surface area contributed by atoms with Crippen molar-refractivity contribution in [3.8, 4) is 5.75 Å². The smallest absolute Gasteiger partial charge is 0.341 e. The number of aromatic hydroxyl groups is 1. The van der Waals surface area contributed by atoms with Crippen LogP contribution in [-0.2, 0) is 19.5 Å². The molecule has 118 valence electrons.